The van der Waals surface area contributed by atoms with Crippen molar-refractivity contribution in [1.82, 2.24) is 0 Å². The van der Waals surface area contributed by atoms with Gasteiger partial charge in [0.15, 0.2) is 0 Å². The molecule has 1 aromatic carbocycles. The topological polar surface area (TPSA) is 43.1 Å². The fourth-order valence-corrected chi connectivity index (χ4v) is 1.12. The molecule has 4 heteroatoms. The van der Waals surface area contributed by atoms with Gasteiger partial charge in [-0.05, 0) is 17.7 Å². The molecule has 13 heavy (non-hydrogen) atoms. The lowest BCUT2D eigenvalue weighted by Gasteiger charge is -2.05. The van der Waals surface area contributed by atoms with E-state index < -0.39 is 0 Å². The van der Waals surface area contributed by atoms with Crippen molar-refractivity contribution in [2.45, 2.75) is 12.8 Å². The summed E-state index contributed by atoms with van der Waals surface area (Å²) in [5, 5.41) is 10.2. The molecule has 0 heterocycles. The van der Waals surface area contributed by atoms with Crippen molar-refractivity contribution in [1.29, 1.82) is 0 Å². The first-order valence-electron chi connectivity index (χ1n) is 3.97. The van der Waals surface area contributed by atoms with Gasteiger partial charge >= 0.3 is 0 Å². The van der Waals surface area contributed by atoms with Crippen molar-refractivity contribution in [3.05, 3.63) is 45.8 Å². The quantitative estimate of drug-likeness (QED) is 0.532. The lowest BCUT2D eigenvalue weighted by atomic mass is 10.0. The number of rotatable bonds is 3. The van der Waals surface area contributed by atoms with Gasteiger partial charge in [-0.2, -0.15) is 0 Å². The van der Waals surface area contributed by atoms with Crippen LogP contribution in [0.5, 0.6) is 0 Å². The first-order valence-corrected chi connectivity index (χ1v) is 3.97. The zero-order valence-electron chi connectivity index (χ0n) is 7.24. The fourth-order valence-electron chi connectivity index (χ4n) is 1.12. The minimum atomic E-state index is -0.367. The number of nitro groups is 1. The molecule has 0 saturated carbocycles. The highest BCUT2D eigenvalue weighted by molar-refractivity contribution is 5.19. The van der Waals surface area contributed by atoms with Crippen LogP contribution >= 0.6 is 0 Å². The van der Waals surface area contributed by atoms with Crippen LogP contribution in [-0.4, -0.2) is 11.5 Å². The standard InChI is InChI=1S/C9H10FNO2/c1-7(6-11(12)13)8-2-4-9(10)5-3-8/h2-5,7H,6H2,1H3. The van der Waals surface area contributed by atoms with E-state index >= 15 is 0 Å². The Bertz CT molecular complexity index is 297. The number of benzene rings is 1. The molecule has 0 N–H and O–H groups in total. The molecule has 0 aliphatic heterocycles. The number of hydrogen-bond donors (Lipinski definition) is 0. The zero-order valence-corrected chi connectivity index (χ0v) is 7.24. The van der Waals surface area contributed by atoms with E-state index in [2.05, 4.69) is 0 Å². The molecule has 1 atom stereocenters. The van der Waals surface area contributed by atoms with Crippen molar-refractivity contribution < 1.29 is 9.31 Å². The molecule has 70 valence electrons. The number of hydrogen-bond acceptors (Lipinski definition) is 2. The third kappa shape index (κ3) is 2.82. The third-order valence-corrected chi connectivity index (χ3v) is 1.86. The summed E-state index contributed by atoms with van der Waals surface area (Å²) in [6, 6.07) is 5.77. The van der Waals surface area contributed by atoms with Crippen molar-refractivity contribution in [2.24, 2.45) is 0 Å². The normalized spacial score (nSPS) is 12.5. The second-order valence-electron chi connectivity index (χ2n) is 2.97. The molecule has 1 rings (SSSR count). The Morgan fingerprint density at radius 1 is 1.46 bits per heavy atom. The minimum absolute atomic E-state index is 0.119. The van der Waals surface area contributed by atoms with Gasteiger partial charge in [0.1, 0.15) is 5.82 Å². The van der Waals surface area contributed by atoms with Crippen LogP contribution in [0.3, 0.4) is 0 Å². The average molecular weight is 183 g/mol. The largest absolute Gasteiger partial charge is 0.265 e. The molecule has 0 aliphatic rings. The van der Waals surface area contributed by atoms with Gasteiger partial charge in [0.05, 0.1) is 0 Å². The predicted molar refractivity (Wildman–Crippen MR) is 46.7 cm³/mol. The summed E-state index contributed by atoms with van der Waals surface area (Å²) in [6.45, 7) is 1.63. The molecule has 0 radical (unpaired) electrons. The Hall–Kier alpha value is -1.45. The van der Waals surface area contributed by atoms with E-state index in [1.165, 1.54) is 12.1 Å². The summed E-state index contributed by atoms with van der Waals surface area (Å²) >= 11 is 0. The summed E-state index contributed by atoms with van der Waals surface area (Å²) < 4.78 is 12.5. The van der Waals surface area contributed by atoms with Crippen molar-refractivity contribution in [3.8, 4) is 0 Å². The van der Waals surface area contributed by atoms with Crippen LogP contribution in [0, 0.1) is 15.9 Å². The summed E-state index contributed by atoms with van der Waals surface area (Å²) in [5.74, 6) is -0.493. The zero-order chi connectivity index (χ0) is 9.84. The van der Waals surface area contributed by atoms with Crippen molar-refractivity contribution in [3.63, 3.8) is 0 Å². The van der Waals surface area contributed by atoms with Gasteiger partial charge in [-0.1, -0.05) is 19.1 Å². The number of nitrogens with zero attached hydrogens (tertiary/aromatic N) is 1. The van der Waals surface area contributed by atoms with E-state index in [4.69, 9.17) is 0 Å². The van der Waals surface area contributed by atoms with Gasteiger partial charge in [0, 0.05) is 10.8 Å². The van der Waals surface area contributed by atoms with Gasteiger partial charge in [-0.25, -0.2) is 4.39 Å². The monoisotopic (exact) mass is 183 g/mol. The molecule has 0 aliphatic carbocycles. The SMILES string of the molecule is CC(C[N+](=O)[O-])c1ccc(F)cc1. The third-order valence-electron chi connectivity index (χ3n) is 1.86. The van der Waals surface area contributed by atoms with E-state index in [1.807, 2.05) is 0 Å². The second-order valence-corrected chi connectivity index (χ2v) is 2.97. The maximum atomic E-state index is 12.5. The molecule has 0 aromatic heterocycles. The molecule has 1 unspecified atom stereocenters. The summed E-state index contributed by atoms with van der Waals surface area (Å²) in [4.78, 5) is 9.81. The second kappa shape index (κ2) is 3.98. The van der Waals surface area contributed by atoms with E-state index in [0.29, 0.717) is 0 Å². The van der Waals surface area contributed by atoms with Crippen LogP contribution < -0.4 is 0 Å². The minimum Gasteiger partial charge on any atom is -0.265 e. The Kier molecular flexibility index (Phi) is 2.95. The van der Waals surface area contributed by atoms with Gasteiger partial charge in [0.2, 0.25) is 6.54 Å². The van der Waals surface area contributed by atoms with E-state index in [-0.39, 0.29) is 23.2 Å². The molecule has 0 fully saturated rings. The van der Waals surface area contributed by atoms with Crippen LogP contribution in [0.2, 0.25) is 0 Å². The molecular weight excluding hydrogens is 173 g/mol. The van der Waals surface area contributed by atoms with Crippen molar-refractivity contribution in [2.75, 3.05) is 6.54 Å². The lowest BCUT2D eigenvalue weighted by Crippen LogP contribution is -2.09. The smallest absolute Gasteiger partial charge is 0.210 e. The lowest BCUT2D eigenvalue weighted by molar-refractivity contribution is -0.482. The summed E-state index contributed by atoms with van der Waals surface area (Å²) in [5.41, 5.74) is 0.790. The maximum absolute atomic E-state index is 12.5. The van der Waals surface area contributed by atoms with Crippen LogP contribution in [0.4, 0.5) is 4.39 Å². The highest BCUT2D eigenvalue weighted by Crippen LogP contribution is 2.15. The average Bonchev–Trinajstić information content (AvgIpc) is 2.04. The molecule has 0 amide bonds. The first-order chi connectivity index (χ1) is 6.09. The van der Waals surface area contributed by atoms with E-state index in [0.717, 1.165) is 5.56 Å². The molecular formula is C9H10FNO2. The predicted octanol–water partition coefficient (Wildman–Crippen LogP) is 2.21. The maximum Gasteiger partial charge on any atom is 0.210 e. The number of halogens is 1. The molecule has 1 aromatic rings. The highest BCUT2D eigenvalue weighted by atomic mass is 19.1. The molecule has 0 bridgehead atoms. The highest BCUT2D eigenvalue weighted by Gasteiger charge is 2.11. The van der Waals surface area contributed by atoms with Crippen LogP contribution in [-0.2, 0) is 0 Å². The van der Waals surface area contributed by atoms with Crippen LogP contribution in [0.15, 0.2) is 24.3 Å². The van der Waals surface area contributed by atoms with Crippen LogP contribution in [0.25, 0.3) is 0 Å². The van der Waals surface area contributed by atoms with E-state index in [9.17, 15) is 14.5 Å². The van der Waals surface area contributed by atoms with Crippen molar-refractivity contribution >= 4 is 0 Å². The molecule has 0 saturated heterocycles. The van der Waals surface area contributed by atoms with Gasteiger partial charge in [-0.3, -0.25) is 10.1 Å². The summed E-state index contributed by atoms with van der Waals surface area (Å²) in [6.07, 6.45) is 0. The fraction of sp³-hybridized carbons (Fsp3) is 0.333. The van der Waals surface area contributed by atoms with E-state index in [1.54, 1.807) is 19.1 Å². The molecule has 0 spiro atoms. The Morgan fingerprint density at radius 3 is 2.46 bits per heavy atom. The van der Waals surface area contributed by atoms with Crippen LogP contribution in [0.1, 0.15) is 18.4 Å². The van der Waals surface area contributed by atoms with Gasteiger partial charge in [-0.15, -0.1) is 0 Å². The first kappa shape index (κ1) is 9.64. The van der Waals surface area contributed by atoms with Gasteiger partial charge < -0.3 is 0 Å². The Morgan fingerprint density at radius 2 is 2.00 bits per heavy atom. The Balaban J connectivity index is 2.71. The molecule has 3 nitrogen and oxygen atoms in total. The van der Waals surface area contributed by atoms with Gasteiger partial charge in [0.25, 0.3) is 0 Å². The Labute approximate surface area is 75.3 Å². The summed E-state index contributed by atoms with van der Waals surface area (Å²) in [7, 11) is 0.